The molecule has 0 aliphatic carbocycles. The molecule has 0 spiro atoms. The molecule has 19 heavy (non-hydrogen) atoms. The molecule has 1 aromatic carbocycles. The Labute approximate surface area is 110 Å². The Morgan fingerprint density at radius 1 is 1.32 bits per heavy atom. The summed E-state index contributed by atoms with van der Waals surface area (Å²) in [6.07, 6.45) is 5.78. The molecule has 0 atom stereocenters. The van der Waals surface area contributed by atoms with Crippen molar-refractivity contribution in [2.75, 3.05) is 0 Å². The van der Waals surface area contributed by atoms with E-state index in [9.17, 15) is 4.39 Å². The lowest BCUT2D eigenvalue weighted by Crippen LogP contribution is -2.01. The van der Waals surface area contributed by atoms with Gasteiger partial charge in [-0.1, -0.05) is 6.92 Å². The van der Waals surface area contributed by atoms with Crippen LogP contribution >= 0.6 is 0 Å². The molecule has 3 nitrogen and oxygen atoms in total. The Hall–Kier alpha value is -2.36. The van der Waals surface area contributed by atoms with E-state index in [1.165, 1.54) is 6.07 Å². The van der Waals surface area contributed by atoms with E-state index in [0.29, 0.717) is 11.4 Å². The third-order valence-corrected chi connectivity index (χ3v) is 3.05. The number of halogens is 1. The molecule has 0 saturated carbocycles. The standard InChI is InChI=1S/C15H13FN2O/c1-2-15-17-7-8-18(15)13-6-5-11(10-12(13)16)14-4-3-9-19-14/h3-10H,2H2,1H3. The Kier molecular flexibility index (Phi) is 2.91. The molecular weight excluding hydrogens is 243 g/mol. The fourth-order valence-corrected chi connectivity index (χ4v) is 2.11. The van der Waals surface area contributed by atoms with Gasteiger partial charge in [0.05, 0.1) is 12.0 Å². The predicted molar refractivity (Wildman–Crippen MR) is 70.6 cm³/mol. The topological polar surface area (TPSA) is 31.0 Å². The first kappa shape index (κ1) is 11.7. The second kappa shape index (κ2) is 4.72. The molecule has 2 heterocycles. The van der Waals surface area contributed by atoms with Crippen LogP contribution < -0.4 is 0 Å². The third kappa shape index (κ3) is 2.05. The van der Waals surface area contributed by atoms with Crippen molar-refractivity contribution in [2.45, 2.75) is 13.3 Å². The monoisotopic (exact) mass is 256 g/mol. The molecule has 3 rings (SSSR count). The molecule has 0 aliphatic rings. The van der Waals surface area contributed by atoms with Crippen molar-refractivity contribution < 1.29 is 8.81 Å². The minimum Gasteiger partial charge on any atom is -0.464 e. The molecule has 3 aromatic rings. The minimum absolute atomic E-state index is 0.290. The van der Waals surface area contributed by atoms with E-state index in [2.05, 4.69) is 4.98 Å². The second-order valence-corrected chi connectivity index (χ2v) is 4.21. The van der Waals surface area contributed by atoms with Gasteiger partial charge in [-0.2, -0.15) is 0 Å². The maximum atomic E-state index is 14.2. The summed E-state index contributed by atoms with van der Waals surface area (Å²) in [5.74, 6) is 1.21. The van der Waals surface area contributed by atoms with Crippen LogP contribution in [-0.4, -0.2) is 9.55 Å². The number of benzene rings is 1. The van der Waals surface area contributed by atoms with Gasteiger partial charge in [-0.05, 0) is 30.3 Å². The lowest BCUT2D eigenvalue weighted by Gasteiger charge is -2.08. The summed E-state index contributed by atoms with van der Waals surface area (Å²) in [7, 11) is 0. The summed E-state index contributed by atoms with van der Waals surface area (Å²) >= 11 is 0. The van der Waals surface area contributed by atoms with Crippen molar-refractivity contribution >= 4 is 0 Å². The van der Waals surface area contributed by atoms with E-state index in [1.807, 2.05) is 19.1 Å². The van der Waals surface area contributed by atoms with E-state index >= 15 is 0 Å². The van der Waals surface area contributed by atoms with Gasteiger partial charge in [-0.25, -0.2) is 9.37 Å². The first-order chi connectivity index (χ1) is 9.29. The van der Waals surface area contributed by atoms with E-state index in [0.717, 1.165) is 17.8 Å². The van der Waals surface area contributed by atoms with E-state index in [1.54, 1.807) is 35.4 Å². The Morgan fingerprint density at radius 2 is 2.21 bits per heavy atom. The summed E-state index contributed by atoms with van der Waals surface area (Å²) < 4.78 is 21.3. The fourth-order valence-electron chi connectivity index (χ4n) is 2.11. The van der Waals surface area contributed by atoms with Crippen LogP contribution in [0.3, 0.4) is 0 Å². The van der Waals surface area contributed by atoms with Crippen molar-refractivity contribution in [3.05, 3.63) is 60.6 Å². The van der Waals surface area contributed by atoms with Gasteiger partial charge in [0.25, 0.3) is 0 Å². The van der Waals surface area contributed by atoms with Crippen LogP contribution in [0.1, 0.15) is 12.7 Å². The largest absolute Gasteiger partial charge is 0.464 e. The maximum Gasteiger partial charge on any atom is 0.147 e. The van der Waals surface area contributed by atoms with Crippen LogP contribution in [0.4, 0.5) is 4.39 Å². The van der Waals surface area contributed by atoms with Crippen LogP contribution in [-0.2, 0) is 6.42 Å². The van der Waals surface area contributed by atoms with Crippen LogP contribution in [0.25, 0.3) is 17.0 Å². The van der Waals surface area contributed by atoms with Crippen molar-refractivity contribution in [1.82, 2.24) is 9.55 Å². The summed E-state index contributed by atoms with van der Waals surface area (Å²) in [5.41, 5.74) is 1.23. The molecule has 0 radical (unpaired) electrons. The summed E-state index contributed by atoms with van der Waals surface area (Å²) in [4.78, 5) is 4.20. The van der Waals surface area contributed by atoms with Gasteiger partial charge in [0.2, 0.25) is 0 Å². The number of hydrogen-bond donors (Lipinski definition) is 0. The van der Waals surface area contributed by atoms with Crippen LogP contribution in [0.2, 0.25) is 0 Å². The predicted octanol–water partition coefficient (Wildman–Crippen LogP) is 3.83. The summed E-state index contributed by atoms with van der Waals surface area (Å²) in [6.45, 7) is 1.99. The number of imidazole rings is 1. The van der Waals surface area contributed by atoms with Gasteiger partial charge in [-0.3, -0.25) is 0 Å². The maximum absolute atomic E-state index is 14.2. The highest BCUT2D eigenvalue weighted by Gasteiger charge is 2.10. The van der Waals surface area contributed by atoms with Crippen molar-refractivity contribution in [3.63, 3.8) is 0 Å². The van der Waals surface area contributed by atoms with Crippen molar-refractivity contribution in [3.8, 4) is 17.0 Å². The average Bonchev–Trinajstić information content (AvgIpc) is 3.09. The van der Waals surface area contributed by atoms with Gasteiger partial charge in [0.15, 0.2) is 0 Å². The molecule has 0 fully saturated rings. The lowest BCUT2D eigenvalue weighted by atomic mass is 10.1. The molecular formula is C15H13FN2O. The highest BCUT2D eigenvalue weighted by atomic mass is 19.1. The molecule has 4 heteroatoms. The second-order valence-electron chi connectivity index (χ2n) is 4.21. The number of hydrogen-bond acceptors (Lipinski definition) is 2. The molecule has 96 valence electrons. The first-order valence-electron chi connectivity index (χ1n) is 6.15. The molecule has 0 bridgehead atoms. The van der Waals surface area contributed by atoms with Gasteiger partial charge < -0.3 is 8.98 Å². The zero-order chi connectivity index (χ0) is 13.2. The summed E-state index contributed by atoms with van der Waals surface area (Å²) in [6, 6.07) is 8.66. The van der Waals surface area contributed by atoms with Crippen molar-refractivity contribution in [1.29, 1.82) is 0 Å². The highest BCUT2D eigenvalue weighted by Crippen LogP contribution is 2.24. The molecule has 0 amide bonds. The van der Waals surface area contributed by atoms with Gasteiger partial charge in [-0.15, -0.1) is 0 Å². The summed E-state index contributed by atoms with van der Waals surface area (Å²) in [5, 5.41) is 0. The quantitative estimate of drug-likeness (QED) is 0.713. The average molecular weight is 256 g/mol. The molecule has 2 aromatic heterocycles. The normalized spacial score (nSPS) is 10.8. The SMILES string of the molecule is CCc1nccn1-c1ccc(-c2ccco2)cc1F. The number of furan rings is 1. The number of aryl methyl sites for hydroxylation is 1. The van der Waals surface area contributed by atoms with Gasteiger partial charge in [0.1, 0.15) is 17.4 Å². The van der Waals surface area contributed by atoms with Crippen LogP contribution in [0.5, 0.6) is 0 Å². The molecule has 0 N–H and O–H groups in total. The molecule has 0 aliphatic heterocycles. The van der Waals surface area contributed by atoms with Crippen molar-refractivity contribution in [2.24, 2.45) is 0 Å². The van der Waals surface area contributed by atoms with Crippen LogP contribution in [0, 0.1) is 5.82 Å². The minimum atomic E-state index is -0.290. The molecule has 0 unspecified atom stereocenters. The Morgan fingerprint density at radius 3 is 2.89 bits per heavy atom. The van der Waals surface area contributed by atoms with Gasteiger partial charge in [0, 0.05) is 24.4 Å². The lowest BCUT2D eigenvalue weighted by molar-refractivity contribution is 0.579. The number of rotatable bonds is 3. The highest BCUT2D eigenvalue weighted by molar-refractivity contribution is 5.59. The zero-order valence-corrected chi connectivity index (χ0v) is 10.5. The number of aromatic nitrogens is 2. The third-order valence-electron chi connectivity index (χ3n) is 3.05. The first-order valence-corrected chi connectivity index (χ1v) is 6.15. The van der Waals surface area contributed by atoms with E-state index in [4.69, 9.17) is 4.42 Å². The Bertz CT molecular complexity index is 686. The number of nitrogens with zero attached hydrogens (tertiary/aromatic N) is 2. The van der Waals surface area contributed by atoms with Crippen LogP contribution in [0.15, 0.2) is 53.4 Å². The Balaban J connectivity index is 2.05. The molecule has 0 saturated heterocycles. The fraction of sp³-hybridized carbons (Fsp3) is 0.133. The van der Waals surface area contributed by atoms with E-state index < -0.39 is 0 Å². The van der Waals surface area contributed by atoms with Gasteiger partial charge >= 0.3 is 0 Å². The zero-order valence-electron chi connectivity index (χ0n) is 10.5. The smallest absolute Gasteiger partial charge is 0.147 e. The van der Waals surface area contributed by atoms with E-state index in [-0.39, 0.29) is 5.82 Å².